The van der Waals surface area contributed by atoms with Crippen LogP contribution in [0, 0.1) is 0 Å². The zero-order valence-electron chi connectivity index (χ0n) is 11.5. The summed E-state index contributed by atoms with van der Waals surface area (Å²) in [6.45, 7) is 0. The summed E-state index contributed by atoms with van der Waals surface area (Å²) in [7, 11) is 0. The normalized spacial score (nSPS) is 16.2. The summed E-state index contributed by atoms with van der Waals surface area (Å²) in [5.41, 5.74) is 3.48. The molecule has 0 amide bonds. The molecule has 0 atom stereocenters. The SMILES string of the molecule is Oc1ccc(-c2cc(O)ccc2C2CCCCC2)cc1. The first-order valence-corrected chi connectivity index (χ1v) is 7.36. The van der Waals surface area contributed by atoms with Gasteiger partial charge in [-0.15, -0.1) is 0 Å². The Balaban J connectivity index is 2.03. The van der Waals surface area contributed by atoms with Crippen molar-refractivity contribution in [2.75, 3.05) is 0 Å². The molecule has 0 heterocycles. The van der Waals surface area contributed by atoms with E-state index in [4.69, 9.17) is 0 Å². The van der Waals surface area contributed by atoms with Crippen molar-refractivity contribution in [3.63, 3.8) is 0 Å². The summed E-state index contributed by atoms with van der Waals surface area (Å²) < 4.78 is 0. The third-order valence-electron chi connectivity index (χ3n) is 4.26. The molecule has 20 heavy (non-hydrogen) atoms. The van der Waals surface area contributed by atoms with Crippen LogP contribution in [-0.4, -0.2) is 10.2 Å². The lowest BCUT2D eigenvalue weighted by Gasteiger charge is -2.24. The molecule has 1 saturated carbocycles. The predicted octanol–water partition coefficient (Wildman–Crippen LogP) is 4.81. The smallest absolute Gasteiger partial charge is 0.116 e. The molecule has 0 spiro atoms. The van der Waals surface area contributed by atoms with Gasteiger partial charge < -0.3 is 10.2 Å². The average Bonchev–Trinajstić information content (AvgIpc) is 2.49. The molecule has 2 N–H and O–H groups in total. The van der Waals surface area contributed by atoms with Crippen LogP contribution in [0.4, 0.5) is 0 Å². The standard InChI is InChI=1S/C18H20O2/c19-15-8-6-14(7-9-15)18-12-16(20)10-11-17(18)13-4-2-1-3-5-13/h6-13,19-20H,1-5H2. The summed E-state index contributed by atoms with van der Waals surface area (Å²) in [6, 6.07) is 12.9. The second-order valence-electron chi connectivity index (χ2n) is 5.65. The van der Waals surface area contributed by atoms with E-state index in [0.29, 0.717) is 11.7 Å². The Morgan fingerprint density at radius 2 is 1.40 bits per heavy atom. The minimum atomic E-state index is 0.271. The number of aromatic hydroxyl groups is 2. The molecule has 2 nitrogen and oxygen atoms in total. The van der Waals surface area contributed by atoms with Crippen LogP contribution in [0.3, 0.4) is 0 Å². The fourth-order valence-electron chi connectivity index (χ4n) is 3.20. The molecule has 1 aliphatic rings. The average molecular weight is 268 g/mol. The molecule has 0 aliphatic heterocycles. The molecule has 0 bridgehead atoms. The van der Waals surface area contributed by atoms with Gasteiger partial charge in [0.2, 0.25) is 0 Å². The summed E-state index contributed by atoms with van der Waals surface area (Å²) in [6.07, 6.45) is 6.38. The largest absolute Gasteiger partial charge is 0.508 e. The number of rotatable bonds is 2. The minimum absolute atomic E-state index is 0.271. The summed E-state index contributed by atoms with van der Waals surface area (Å²) in [4.78, 5) is 0. The quantitative estimate of drug-likeness (QED) is 0.820. The molecular formula is C18H20O2. The van der Waals surface area contributed by atoms with Crippen molar-refractivity contribution < 1.29 is 10.2 Å². The zero-order valence-corrected chi connectivity index (χ0v) is 11.5. The maximum absolute atomic E-state index is 9.80. The Morgan fingerprint density at radius 3 is 2.10 bits per heavy atom. The Morgan fingerprint density at radius 1 is 0.750 bits per heavy atom. The van der Waals surface area contributed by atoms with Crippen molar-refractivity contribution in [3.8, 4) is 22.6 Å². The third-order valence-corrected chi connectivity index (χ3v) is 4.26. The molecule has 2 heteroatoms. The molecule has 0 aromatic heterocycles. The van der Waals surface area contributed by atoms with Crippen LogP contribution in [0.2, 0.25) is 0 Å². The summed E-state index contributed by atoms with van der Waals surface area (Å²) >= 11 is 0. The molecular weight excluding hydrogens is 248 g/mol. The second-order valence-corrected chi connectivity index (χ2v) is 5.65. The predicted molar refractivity (Wildman–Crippen MR) is 81.0 cm³/mol. The molecule has 2 aromatic rings. The molecule has 104 valence electrons. The van der Waals surface area contributed by atoms with Crippen LogP contribution in [-0.2, 0) is 0 Å². The highest BCUT2D eigenvalue weighted by molar-refractivity contribution is 5.70. The monoisotopic (exact) mass is 268 g/mol. The van der Waals surface area contributed by atoms with Crippen LogP contribution >= 0.6 is 0 Å². The van der Waals surface area contributed by atoms with Gasteiger partial charge >= 0.3 is 0 Å². The number of phenols is 2. The number of phenolic OH excluding ortho intramolecular Hbond substituents is 2. The van der Waals surface area contributed by atoms with E-state index < -0.39 is 0 Å². The molecule has 0 unspecified atom stereocenters. The number of hydrogen-bond acceptors (Lipinski definition) is 2. The van der Waals surface area contributed by atoms with Crippen LogP contribution in [0.25, 0.3) is 11.1 Å². The molecule has 1 fully saturated rings. The van der Waals surface area contributed by atoms with Crippen molar-refractivity contribution in [1.82, 2.24) is 0 Å². The molecule has 2 aromatic carbocycles. The van der Waals surface area contributed by atoms with Gasteiger partial charge in [-0.25, -0.2) is 0 Å². The Hall–Kier alpha value is -1.96. The lowest BCUT2D eigenvalue weighted by atomic mass is 9.81. The lowest BCUT2D eigenvalue weighted by molar-refractivity contribution is 0.442. The first kappa shape index (κ1) is 13.0. The van der Waals surface area contributed by atoms with Gasteiger partial charge in [-0.05, 0) is 59.7 Å². The second kappa shape index (κ2) is 5.58. The van der Waals surface area contributed by atoms with Gasteiger partial charge in [0.05, 0.1) is 0 Å². The molecule has 0 radical (unpaired) electrons. The van der Waals surface area contributed by atoms with E-state index in [1.807, 2.05) is 18.2 Å². The van der Waals surface area contributed by atoms with Gasteiger partial charge in [0.1, 0.15) is 11.5 Å². The van der Waals surface area contributed by atoms with E-state index in [-0.39, 0.29) is 5.75 Å². The Bertz CT molecular complexity index is 581. The van der Waals surface area contributed by atoms with Crippen LogP contribution in [0.15, 0.2) is 42.5 Å². The van der Waals surface area contributed by atoms with Gasteiger partial charge in [0.25, 0.3) is 0 Å². The first-order chi connectivity index (χ1) is 9.74. The fraction of sp³-hybridized carbons (Fsp3) is 0.333. The van der Waals surface area contributed by atoms with Gasteiger partial charge in [0, 0.05) is 0 Å². The van der Waals surface area contributed by atoms with Crippen molar-refractivity contribution >= 4 is 0 Å². The summed E-state index contributed by atoms with van der Waals surface area (Å²) in [5, 5.41) is 19.2. The molecule has 3 rings (SSSR count). The van der Waals surface area contributed by atoms with Gasteiger partial charge in [-0.3, -0.25) is 0 Å². The van der Waals surface area contributed by atoms with Crippen molar-refractivity contribution in [1.29, 1.82) is 0 Å². The van der Waals surface area contributed by atoms with E-state index in [9.17, 15) is 10.2 Å². The third kappa shape index (κ3) is 2.64. The Kier molecular flexibility index (Phi) is 3.64. The first-order valence-electron chi connectivity index (χ1n) is 7.36. The number of hydrogen-bond donors (Lipinski definition) is 2. The topological polar surface area (TPSA) is 40.5 Å². The Labute approximate surface area is 119 Å². The highest BCUT2D eigenvalue weighted by atomic mass is 16.3. The van der Waals surface area contributed by atoms with Crippen molar-refractivity contribution in [2.24, 2.45) is 0 Å². The highest BCUT2D eigenvalue weighted by Gasteiger charge is 2.19. The molecule has 1 aliphatic carbocycles. The maximum atomic E-state index is 9.80. The zero-order chi connectivity index (χ0) is 13.9. The van der Waals surface area contributed by atoms with Crippen molar-refractivity contribution in [2.45, 2.75) is 38.0 Å². The van der Waals surface area contributed by atoms with Crippen LogP contribution in [0.5, 0.6) is 11.5 Å². The van der Waals surface area contributed by atoms with Gasteiger partial charge in [0.15, 0.2) is 0 Å². The minimum Gasteiger partial charge on any atom is -0.508 e. The number of benzene rings is 2. The summed E-state index contributed by atoms with van der Waals surface area (Å²) in [5.74, 6) is 1.16. The van der Waals surface area contributed by atoms with E-state index in [1.54, 1.807) is 18.2 Å². The van der Waals surface area contributed by atoms with E-state index >= 15 is 0 Å². The molecule has 0 saturated heterocycles. The van der Waals surface area contributed by atoms with E-state index in [2.05, 4.69) is 6.07 Å². The lowest BCUT2D eigenvalue weighted by Crippen LogP contribution is -2.05. The van der Waals surface area contributed by atoms with Crippen LogP contribution in [0.1, 0.15) is 43.6 Å². The fourth-order valence-corrected chi connectivity index (χ4v) is 3.20. The van der Waals surface area contributed by atoms with Gasteiger partial charge in [-0.2, -0.15) is 0 Å². The van der Waals surface area contributed by atoms with Crippen molar-refractivity contribution in [3.05, 3.63) is 48.0 Å². The van der Waals surface area contributed by atoms with Crippen LogP contribution < -0.4 is 0 Å². The van der Waals surface area contributed by atoms with E-state index in [1.165, 1.54) is 37.7 Å². The van der Waals surface area contributed by atoms with Gasteiger partial charge in [-0.1, -0.05) is 37.5 Å². The maximum Gasteiger partial charge on any atom is 0.116 e. The van der Waals surface area contributed by atoms with E-state index in [0.717, 1.165) is 11.1 Å². The highest BCUT2D eigenvalue weighted by Crippen LogP contribution is 2.39.